The van der Waals surface area contributed by atoms with Gasteiger partial charge in [0, 0.05) is 31.5 Å². The summed E-state index contributed by atoms with van der Waals surface area (Å²) in [4.78, 5) is 4.07. The highest BCUT2D eigenvalue weighted by atomic mass is 15.0. The van der Waals surface area contributed by atoms with Crippen LogP contribution in [0.2, 0.25) is 0 Å². The van der Waals surface area contributed by atoms with Crippen molar-refractivity contribution in [3.63, 3.8) is 0 Å². The first-order chi connectivity index (χ1) is 6.83. The maximum atomic E-state index is 4.07. The standard InChI is InChI=1S/C11H19N3/c1-3-12-7-10(2)14-9-11-5-4-6-13-8-11/h4-6,8,10,12,14H,3,7,9H2,1-2H3. The number of pyridine rings is 1. The van der Waals surface area contributed by atoms with E-state index in [1.165, 1.54) is 5.56 Å². The largest absolute Gasteiger partial charge is 0.315 e. The Bertz CT molecular complexity index is 236. The molecule has 14 heavy (non-hydrogen) atoms. The highest BCUT2D eigenvalue weighted by Crippen LogP contribution is 1.95. The Balaban J connectivity index is 2.20. The number of aromatic nitrogens is 1. The Morgan fingerprint density at radius 3 is 3.00 bits per heavy atom. The molecule has 0 fully saturated rings. The molecule has 1 rings (SSSR count). The Labute approximate surface area is 85.9 Å². The quantitative estimate of drug-likeness (QED) is 0.712. The van der Waals surface area contributed by atoms with Gasteiger partial charge in [0.15, 0.2) is 0 Å². The molecule has 1 heterocycles. The van der Waals surface area contributed by atoms with Gasteiger partial charge in [-0.1, -0.05) is 13.0 Å². The summed E-state index contributed by atoms with van der Waals surface area (Å²) in [6, 6.07) is 4.54. The summed E-state index contributed by atoms with van der Waals surface area (Å²) < 4.78 is 0. The molecule has 0 aromatic carbocycles. The van der Waals surface area contributed by atoms with Crippen molar-refractivity contribution in [1.29, 1.82) is 0 Å². The van der Waals surface area contributed by atoms with Gasteiger partial charge in [-0.05, 0) is 25.1 Å². The number of nitrogens with zero attached hydrogens (tertiary/aromatic N) is 1. The van der Waals surface area contributed by atoms with E-state index >= 15 is 0 Å². The second-order valence-electron chi connectivity index (χ2n) is 3.45. The molecule has 78 valence electrons. The van der Waals surface area contributed by atoms with Gasteiger partial charge in [-0.2, -0.15) is 0 Å². The second kappa shape index (κ2) is 6.51. The molecule has 0 saturated carbocycles. The highest BCUT2D eigenvalue weighted by molar-refractivity contribution is 5.07. The highest BCUT2D eigenvalue weighted by Gasteiger charge is 1.99. The zero-order chi connectivity index (χ0) is 10.2. The van der Waals surface area contributed by atoms with Crippen LogP contribution in [0.1, 0.15) is 19.4 Å². The molecule has 0 saturated heterocycles. The fraction of sp³-hybridized carbons (Fsp3) is 0.545. The van der Waals surface area contributed by atoms with E-state index in [4.69, 9.17) is 0 Å². The third-order valence-electron chi connectivity index (χ3n) is 2.08. The van der Waals surface area contributed by atoms with Crippen molar-refractivity contribution < 1.29 is 0 Å². The smallest absolute Gasteiger partial charge is 0.0312 e. The van der Waals surface area contributed by atoms with Gasteiger partial charge in [0.05, 0.1) is 0 Å². The molecule has 0 radical (unpaired) electrons. The Morgan fingerprint density at radius 2 is 2.36 bits per heavy atom. The van der Waals surface area contributed by atoms with Crippen LogP contribution < -0.4 is 10.6 Å². The van der Waals surface area contributed by atoms with Gasteiger partial charge in [0.1, 0.15) is 0 Å². The van der Waals surface area contributed by atoms with E-state index < -0.39 is 0 Å². The summed E-state index contributed by atoms with van der Waals surface area (Å²) in [5.41, 5.74) is 1.23. The Morgan fingerprint density at radius 1 is 1.50 bits per heavy atom. The van der Waals surface area contributed by atoms with Gasteiger partial charge in [0.25, 0.3) is 0 Å². The molecule has 0 aliphatic rings. The molecule has 0 amide bonds. The van der Waals surface area contributed by atoms with Crippen molar-refractivity contribution in [2.75, 3.05) is 13.1 Å². The minimum absolute atomic E-state index is 0.496. The monoisotopic (exact) mass is 193 g/mol. The lowest BCUT2D eigenvalue weighted by molar-refractivity contribution is 0.508. The average Bonchev–Trinajstić information content (AvgIpc) is 2.25. The van der Waals surface area contributed by atoms with Crippen LogP contribution in [0, 0.1) is 0 Å². The van der Waals surface area contributed by atoms with Gasteiger partial charge in [-0.25, -0.2) is 0 Å². The molecule has 1 aromatic heterocycles. The second-order valence-corrected chi connectivity index (χ2v) is 3.45. The summed E-state index contributed by atoms with van der Waals surface area (Å²) in [5, 5.41) is 6.74. The van der Waals surface area contributed by atoms with Crippen LogP contribution >= 0.6 is 0 Å². The van der Waals surface area contributed by atoms with Crippen molar-refractivity contribution >= 4 is 0 Å². The fourth-order valence-electron chi connectivity index (χ4n) is 1.23. The number of nitrogens with one attached hydrogen (secondary N) is 2. The minimum atomic E-state index is 0.496. The summed E-state index contributed by atoms with van der Waals surface area (Å²) >= 11 is 0. The SMILES string of the molecule is CCNCC(C)NCc1cccnc1. The maximum absolute atomic E-state index is 4.07. The van der Waals surface area contributed by atoms with Gasteiger partial charge in [-0.3, -0.25) is 4.98 Å². The average molecular weight is 193 g/mol. The molecular weight excluding hydrogens is 174 g/mol. The number of rotatable bonds is 6. The Kier molecular flexibility index (Phi) is 5.19. The zero-order valence-corrected chi connectivity index (χ0v) is 8.96. The maximum Gasteiger partial charge on any atom is 0.0312 e. The van der Waals surface area contributed by atoms with Crippen molar-refractivity contribution in [2.24, 2.45) is 0 Å². The van der Waals surface area contributed by atoms with Gasteiger partial charge < -0.3 is 10.6 Å². The van der Waals surface area contributed by atoms with E-state index in [1.54, 1.807) is 6.20 Å². The summed E-state index contributed by atoms with van der Waals surface area (Å²) in [7, 11) is 0. The van der Waals surface area contributed by atoms with E-state index in [0.717, 1.165) is 19.6 Å². The number of likely N-dealkylation sites (N-methyl/N-ethyl adjacent to an activating group) is 1. The molecule has 2 N–H and O–H groups in total. The third kappa shape index (κ3) is 4.35. The molecule has 1 atom stereocenters. The molecular formula is C11H19N3. The number of hydrogen-bond donors (Lipinski definition) is 2. The first kappa shape index (κ1) is 11.1. The van der Waals surface area contributed by atoms with Crippen LogP contribution in [0.3, 0.4) is 0 Å². The van der Waals surface area contributed by atoms with Crippen LogP contribution in [0.4, 0.5) is 0 Å². The van der Waals surface area contributed by atoms with Gasteiger partial charge in [-0.15, -0.1) is 0 Å². The van der Waals surface area contributed by atoms with E-state index in [-0.39, 0.29) is 0 Å². The lowest BCUT2D eigenvalue weighted by Crippen LogP contribution is -2.35. The van der Waals surface area contributed by atoms with Crippen LogP contribution in [0.15, 0.2) is 24.5 Å². The normalized spacial score (nSPS) is 12.7. The minimum Gasteiger partial charge on any atom is -0.315 e. The summed E-state index contributed by atoms with van der Waals surface area (Å²) in [5.74, 6) is 0. The van der Waals surface area contributed by atoms with E-state index in [0.29, 0.717) is 6.04 Å². The lowest BCUT2D eigenvalue weighted by Gasteiger charge is -2.13. The van der Waals surface area contributed by atoms with Crippen molar-refractivity contribution in [3.05, 3.63) is 30.1 Å². The first-order valence-corrected chi connectivity index (χ1v) is 5.16. The summed E-state index contributed by atoms with van der Waals surface area (Å²) in [6.07, 6.45) is 3.69. The molecule has 0 bridgehead atoms. The zero-order valence-electron chi connectivity index (χ0n) is 8.96. The number of hydrogen-bond acceptors (Lipinski definition) is 3. The molecule has 0 spiro atoms. The molecule has 3 heteroatoms. The molecule has 1 aromatic rings. The Hall–Kier alpha value is -0.930. The third-order valence-corrected chi connectivity index (χ3v) is 2.08. The van der Waals surface area contributed by atoms with E-state index in [9.17, 15) is 0 Å². The fourth-order valence-corrected chi connectivity index (χ4v) is 1.23. The van der Waals surface area contributed by atoms with Crippen LogP contribution in [-0.2, 0) is 6.54 Å². The predicted molar refractivity (Wildman–Crippen MR) is 59.1 cm³/mol. The van der Waals surface area contributed by atoms with Crippen molar-refractivity contribution in [2.45, 2.75) is 26.4 Å². The molecule has 0 aliphatic carbocycles. The molecule has 1 unspecified atom stereocenters. The topological polar surface area (TPSA) is 37.0 Å². The van der Waals surface area contributed by atoms with E-state index in [2.05, 4.69) is 35.5 Å². The summed E-state index contributed by atoms with van der Waals surface area (Å²) in [6.45, 7) is 7.23. The van der Waals surface area contributed by atoms with Gasteiger partial charge >= 0.3 is 0 Å². The molecule has 3 nitrogen and oxygen atoms in total. The molecule has 0 aliphatic heterocycles. The first-order valence-electron chi connectivity index (χ1n) is 5.16. The predicted octanol–water partition coefficient (Wildman–Crippen LogP) is 1.17. The van der Waals surface area contributed by atoms with E-state index in [1.807, 2.05) is 12.3 Å². The van der Waals surface area contributed by atoms with Crippen LogP contribution in [0.25, 0.3) is 0 Å². The van der Waals surface area contributed by atoms with Crippen LogP contribution in [0.5, 0.6) is 0 Å². The van der Waals surface area contributed by atoms with Crippen LogP contribution in [-0.4, -0.2) is 24.1 Å². The van der Waals surface area contributed by atoms with Crippen molar-refractivity contribution in [3.8, 4) is 0 Å². The van der Waals surface area contributed by atoms with Crippen molar-refractivity contribution in [1.82, 2.24) is 15.6 Å². The lowest BCUT2D eigenvalue weighted by atomic mass is 10.2. The van der Waals surface area contributed by atoms with Gasteiger partial charge in [0.2, 0.25) is 0 Å².